The summed E-state index contributed by atoms with van der Waals surface area (Å²) in [6.07, 6.45) is 10.0. The lowest BCUT2D eigenvalue weighted by Gasteiger charge is -2.43. The molecule has 3 atom stereocenters. The van der Waals surface area contributed by atoms with Crippen molar-refractivity contribution < 1.29 is 4.79 Å². The molecule has 6 heteroatoms. The van der Waals surface area contributed by atoms with Gasteiger partial charge in [0.2, 0.25) is 0 Å². The van der Waals surface area contributed by atoms with Crippen LogP contribution < -0.4 is 0 Å². The molecule has 0 N–H and O–H groups in total. The summed E-state index contributed by atoms with van der Waals surface area (Å²) < 4.78 is 2.25. The van der Waals surface area contributed by atoms with E-state index in [0.29, 0.717) is 24.0 Å². The van der Waals surface area contributed by atoms with Crippen LogP contribution in [0.25, 0.3) is 0 Å². The van der Waals surface area contributed by atoms with Crippen molar-refractivity contribution in [2.45, 2.75) is 82.8 Å². The van der Waals surface area contributed by atoms with Crippen LogP contribution in [0, 0.1) is 0 Å². The summed E-state index contributed by atoms with van der Waals surface area (Å²) in [4.78, 5) is 17.3. The van der Waals surface area contributed by atoms with E-state index in [4.69, 9.17) is 0 Å². The van der Waals surface area contributed by atoms with Gasteiger partial charge in [-0.1, -0.05) is 0 Å². The maximum atomic E-state index is 13.1. The third-order valence-corrected chi connectivity index (χ3v) is 6.01. The molecule has 0 aromatic carbocycles. The Labute approximate surface area is 144 Å². The molecule has 3 aliphatic rings. The molecule has 3 fully saturated rings. The largest absolute Gasteiger partial charge is 0.324 e. The normalized spacial score (nSPS) is 31.3. The van der Waals surface area contributed by atoms with Gasteiger partial charge in [0, 0.05) is 37.1 Å². The summed E-state index contributed by atoms with van der Waals surface area (Å²) in [5.41, 5.74) is 0. The highest BCUT2D eigenvalue weighted by molar-refractivity contribution is 5.75. The van der Waals surface area contributed by atoms with Crippen LogP contribution in [0.1, 0.15) is 76.6 Å². The van der Waals surface area contributed by atoms with E-state index < -0.39 is 0 Å². The number of urea groups is 1. The van der Waals surface area contributed by atoms with Crippen molar-refractivity contribution in [1.29, 1.82) is 0 Å². The van der Waals surface area contributed by atoms with E-state index in [-0.39, 0.29) is 6.03 Å². The monoisotopic (exact) mass is 331 g/mol. The van der Waals surface area contributed by atoms with Crippen molar-refractivity contribution in [3.63, 3.8) is 0 Å². The Balaban J connectivity index is 1.48. The van der Waals surface area contributed by atoms with Crippen molar-refractivity contribution in [2.24, 2.45) is 0 Å². The first-order valence-corrected chi connectivity index (χ1v) is 9.61. The minimum Gasteiger partial charge on any atom is -0.324 e. The van der Waals surface area contributed by atoms with E-state index in [2.05, 4.69) is 38.4 Å². The highest BCUT2D eigenvalue weighted by Gasteiger charge is 2.36. The summed E-state index contributed by atoms with van der Waals surface area (Å²) >= 11 is 0. The van der Waals surface area contributed by atoms with Gasteiger partial charge in [-0.25, -0.2) is 4.79 Å². The van der Waals surface area contributed by atoms with Crippen molar-refractivity contribution in [3.05, 3.63) is 12.2 Å². The van der Waals surface area contributed by atoms with Crippen LogP contribution in [0.5, 0.6) is 0 Å². The molecule has 2 aliphatic heterocycles. The van der Waals surface area contributed by atoms with Gasteiger partial charge in [-0.3, -0.25) is 0 Å². The van der Waals surface area contributed by atoms with E-state index in [0.717, 1.165) is 44.6 Å². The second-order valence-corrected chi connectivity index (χ2v) is 7.93. The van der Waals surface area contributed by atoms with Crippen LogP contribution in [-0.2, 0) is 0 Å². The SMILES string of the molecule is C[C@@H]1CCC[C@H](C)N1C(=O)N1CCC[C@H](c2nncn2C2CC2)C1. The standard InChI is InChI=1S/C18H29N5O/c1-13-5-3-6-14(2)23(13)18(24)21-10-4-7-15(11-21)17-20-19-12-22(17)16-8-9-16/h12-16H,3-11H2,1-2H3/t13-,14+,15-/m0/s1. The molecule has 3 heterocycles. The fraction of sp³-hybridized carbons (Fsp3) is 0.833. The van der Waals surface area contributed by atoms with E-state index in [1.807, 2.05) is 6.33 Å². The van der Waals surface area contributed by atoms with E-state index in [1.54, 1.807) is 0 Å². The van der Waals surface area contributed by atoms with Crippen molar-refractivity contribution in [1.82, 2.24) is 24.6 Å². The highest BCUT2D eigenvalue weighted by atomic mass is 16.2. The number of carbonyl (C=O) groups is 1. The summed E-state index contributed by atoms with van der Waals surface area (Å²) in [6, 6.07) is 1.55. The fourth-order valence-electron chi connectivity index (χ4n) is 4.50. The first-order chi connectivity index (χ1) is 11.6. The van der Waals surface area contributed by atoms with Crippen LogP contribution in [0.15, 0.2) is 6.33 Å². The Hall–Kier alpha value is -1.59. The molecule has 4 rings (SSSR count). The van der Waals surface area contributed by atoms with Crippen molar-refractivity contribution in [3.8, 4) is 0 Å². The van der Waals surface area contributed by atoms with Crippen LogP contribution in [0.3, 0.4) is 0 Å². The molecule has 6 nitrogen and oxygen atoms in total. The highest BCUT2D eigenvalue weighted by Crippen LogP contribution is 2.38. The Morgan fingerprint density at radius 2 is 1.83 bits per heavy atom. The number of carbonyl (C=O) groups excluding carboxylic acids is 1. The maximum Gasteiger partial charge on any atom is 0.320 e. The third-order valence-electron chi connectivity index (χ3n) is 6.01. The molecule has 0 spiro atoms. The van der Waals surface area contributed by atoms with Gasteiger partial charge in [0.05, 0.1) is 0 Å². The molecule has 2 saturated heterocycles. The van der Waals surface area contributed by atoms with Crippen LogP contribution in [-0.4, -0.2) is 55.8 Å². The van der Waals surface area contributed by atoms with Gasteiger partial charge in [-0.2, -0.15) is 0 Å². The molecule has 132 valence electrons. The van der Waals surface area contributed by atoms with Crippen molar-refractivity contribution >= 4 is 6.03 Å². The zero-order chi connectivity index (χ0) is 16.7. The number of aromatic nitrogens is 3. The Bertz CT molecular complexity index is 586. The fourth-order valence-corrected chi connectivity index (χ4v) is 4.50. The van der Waals surface area contributed by atoms with Crippen molar-refractivity contribution in [2.75, 3.05) is 13.1 Å². The van der Waals surface area contributed by atoms with Crippen LogP contribution in [0.4, 0.5) is 4.79 Å². The second-order valence-electron chi connectivity index (χ2n) is 7.93. The quantitative estimate of drug-likeness (QED) is 0.836. The van der Waals surface area contributed by atoms with Gasteiger partial charge in [0.15, 0.2) is 0 Å². The van der Waals surface area contributed by atoms with Gasteiger partial charge >= 0.3 is 6.03 Å². The number of amides is 2. The van der Waals surface area contributed by atoms with Gasteiger partial charge < -0.3 is 14.4 Å². The predicted octanol–water partition coefficient (Wildman–Crippen LogP) is 3.18. The molecular weight excluding hydrogens is 302 g/mol. The first-order valence-electron chi connectivity index (χ1n) is 9.61. The van der Waals surface area contributed by atoms with E-state index in [1.165, 1.54) is 19.3 Å². The number of hydrogen-bond acceptors (Lipinski definition) is 3. The number of rotatable bonds is 2. The predicted molar refractivity (Wildman–Crippen MR) is 91.9 cm³/mol. The minimum atomic E-state index is 0.233. The first kappa shape index (κ1) is 15.9. The molecule has 0 radical (unpaired) electrons. The number of hydrogen-bond donors (Lipinski definition) is 0. The summed E-state index contributed by atoms with van der Waals surface area (Å²) in [5.74, 6) is 1.43. The Kier molecular flexibility index (Phi) is 4.22. The molecule has 1 saturated carbocycles. The molecule has 2 amide bonds. The summed E-state index contributed by atoms with van der Waals surface area (Å²) in [6.45, 7) is 6.06. The zero-order valence-electron chi connectivity index (χ0n) is 14.9. The summed E-state index contributed by atoms with van der Waals surface area (Å²) in [5, 5.41) is 8.54. The number of piperidine rings is 2. The minimum absolute atomic E-state index is 0.233. The number of nitrogens with zero attached hydrogens (tertiary/aromatic N) is 5. The number of likely N-dealkylation sites (tertiary alicyclic amines) is 2. The third kappa shape index (κ3) is 2.91. The second kappa shape index (κ2) is 6.37. The lowest BCUT2D eigenvalue weighted by Crippen LogP contribution is -2.54. The van der Waals surface area contributed by atoms with Gasteiger partial charge in [0.1, 0.15) is 12.2 Å². The van der Waals surface area contributed by atoms with Gasteiger partial charge in [0.25, 0.3) is 0 Å². The Morgan fingerprint density at radius 1 is 1.08 bits per heavy atom. The molecular formula is C18H29N5O. The average Bonchev–Trinajstić information content (AvgIpc) is 3.31. The molecule has 0 unspecified atom stereocenters. The topological polar surface area (TPSA) is 54.3 Å². The molecule has 1 aromatic rings. The van der Waals surface area contributed by atoms with E-state index in [9.17, 15) is 4.79 Å². The maximum absolute atomic E-state index is 13.1. The molecule has 0 bridgehead atoms. The lowest BCUT2D eigenvalue weighted by molar-refractivity contribution is 0.0837. The van der Waals surface area contributed by atoms with Gasteiger partial charge in [-0.15, -0.1) is 10.2 Å². The Morgan fingerprint density at radius 3 is 2.54 bits per heavy atom. The molecule has 1 aromatic heterocycles. The van der Waals surface area contributed by atoms with Crippen LogP contribution in [0.2, 0.25) is 0 Å². The molecule has 1 aliphatic carbocycles. The zero-order valence-corrected chi connectivity index (χ0v) is 14.9. The summed E-state index contributed by atoms with van der Waals surface area (Å²) in [7, 11) is 0. The van der Waals surface area contributed by atoms with E-state index >= 15 is 0 Å². The molecule has 24 heavy (non-hydrogen) atoms. The van der Waals surface area contributed by atoms with Crippen LogP contribution >= 0.6 is 0 Å². The average molecular weight is 331 g/mol. The lowest BCUT2D eigenvalue weighted by atomic mass is 9.95. The smallest absolute Gasteiger partial charge is 0.320 e. The van der Waals surface area contributed by atoms with Gasteiger partial charge in [-0.05, 0) is 58.8 Å².